The third-order valence-corrected chi connectivity index (χ3v) is 2.95. The van der Waals surface area contributed by atoms with Crippen molar-refractivity contribution >= 4 is 17.3 Å². The van der Waals surface area contributed by atoms with Crippen LogP contribution in [0.2, 0.25) is 0 Å². The lowest BCUT2D eigenvalue weighted by Crippen LogP contribution is -2.34. The average Bonchev–Trinajstić information content (AvgIpc) is 2.33. The number of hydrogen-bond donors (Lipinski definition) is 1. The number of fused-ring (bicyclic) bond motifs is 1. The molecule has 2 saturated carbocycles. The summed E-state index contributed by atoms with van der Waals surface area (Å²) < 4.78 is 0. The topological polar surface area (TPSA) is 71.4 Å². The van der Waals surface area contributed by atoms with E-state index in [2.05, 4.69) is 0 Å². The summed E-state index contributed by atoms with van der Waals surface area (Å²) in [7, 11) is 0. The monoisotopic (exact) mass is 182 g/mol. The molecule has 0 bridgehead atoms. The average molecular weight is 182 g/mol. The predicted molar refractivity (Wildman–Crippen MR) is 41.9 cm³/mol. The molecule has 2 fully saturated rings. The van der Waals surface area contributed by atoms with Gasteiger partial charge in [-0.05, 0) is 12.8 Å². The molecule has 3 unspecified atom stereocenters. The fraction of sp³-hybridized carbons (Fsp3) is 0.667. The van der Waals surface area contributed by atoms with Gasteiger partial charge in [0.15, 0.2) is 0 Å². The van der Waals surface area contributed by atoms with Crippen LogP contribution < -0.4 is 0 Å². The molecule has 0 aromatic rings. The highest BCUT2D eigenvalue weighted by atomic mass is 16.3. The Morgan fingerprint density at radius 3 is 2.38 bits per heavy atom. The number of rotatable bonds is 0. The van der Waals surface area contributed by atoms with Gasteiger partial charge in [-0.2, -0.15) is 0 Å². The van der Waals surface area contributed by atoms with E-state index in [0.717, 1.165) is 0 Å². The molecule has 0 amide bonds. The van der Waals surface area contributed by atoms with Crippen LogP contribution >= 0.6 is 0 Å². The van der Waals surface area contributed by atoms with Crippen LogP contribution in [0.5, 0.6) is 0 Å². The predicted octanol–water partition coefficient (Wildman–Crippen LogP) is -0.516. The van der Waals surface area contributed by atoms with Gasteiger partial charge in [0.2, 0.25) is 11.6 Å². The van der Waals surface area contributed by atoms with Crippen LogP contribution in [0.3, 0.4) is 0 Å². The van der Waals surface area contributed by atoms with Crippen LogP contribution in [0.25, 0.3) is 0 Å². The molecule has 2 aliphatic rings. The van der Waals surface area contributed by atoms with E-state index >= 15 is 0 Å². The molecule has 0 aliphatic heterocycles. The first-order valence-electron chi connectivity index (χ1n) is 4.43. The van der Waals surface area contributed by atoms with Crippen LogP contribution in [0, 0.1) is 11.8 Å². The number of ketones is 3. The quantitative estimate of drug-likeness (QED) is 0.512. The highest BCUT2D eigenvalue weighted by Crippen LogP contribution is 2.36. The second kappa shape index (κ2) is 2.73. The third-order valence-electron chi connectivity index (χ3n) is 2.95. The zero-order valence-electron chi connectivity index (χ0n) is 7.03. The molecule has 13 heavy (non-hydrogen) atoms. The lowest BCUT2D eigenvalue weighted by atomic mass is 9.79. The molecule has 0 radical (unpaired) electrons. The molecule has 0 heterocycles. The highest BCUT2D eigenvalue weighted by molar-refractivity contribution is 6.68. The van der Waals surface area contributed by atoms with E-state index in [-0.39, 0.29) is 0 Å². The van der Waals surface area contributed by atoms with Crippen molar-refractivity contribution in [2.24, 2.45) is 11.8 Å². The zero-order chi connectivity index (χ0) is 9.59. The Morgan fingerprint density at radius 1 is 1.08 bits per heavy atom. The molecular weight excluding hydrogens is 172 g/mol. The van der Waals surface area contributed by atoms with E-state index in [1.807, 2.05) is 0 Å². The summed E-state index contributed by atoms with van der Waals surface area (Å²) in [5.41, 5.74) is 0. The summed E-state index contributed by atoms with van der Waals surface area (Å²) in [6.45, 7) is 0. The van der Waals surface area contributed by atoms with Crippen molar-refractivity contribution in [3.8, 4) is 0 Å². The van der Waals surface area contributed by atoms with Gasteiger partial charge in [0.05, 0.1) is 12.0 Å². The van der Waals surface area contributed by atoms with E-state index in [0.29, 0.717) is 19.3 Å². The van der Waals surface area contributed by atoms with Gasteiger partial charge < -0.3 is 5.11 Å². The normalized spacial score (nSPS) is 39.5. The molecule has 4 heteroatoms. The summed E-state index contributed by atoms with van der Waals surface area (Å²) in [6.07, 6.45) is 1.02. The second-order valence-electron chi connectivity index (χ2n) is 3.69. The van der Waals surface area contributed by atoms with Crippen molar-refractivity contribution in [1.82, 2.24) is 0 Å². The number of Topliss-reactive ketones (excluding diaryl/α,β-unsaturated/α-hetero) is 3. The Bertz CT molecular complexity index is 294. The molecule has 0 saturated heterocycles. The Labute approximate surface area is 74.9 Å². The smallest absolute Gasteiger partial charge is 0.264 e. The first-order chi connectivity index (χ1) is 6.13. The molecule has 0 aromatic heterocycles. The van der Waals surface area contributed by atoms with Crippen molar-refractivity contribution in [2.75, 3.05) is 0 Å². The van der Waals surface area contributed by atoms with Crippen molar-refractivity contribution in [3.05, 3.63) is 0 Å². The van der Waals surface area contributed by atoms with E-state index in [4.69, 9.17) is 0 Å². The minimum Gasteiger partial charge on any atom is -0.392 e. The zero-order valence-corrected chi connectivity index (χ0v) is 7.03. The maximum atomic E-state index is 11.2. The summed E-state index contributed by atoms with van der Waals surface area (Å²) in [5, 5.41) is 9.46. The van der Waals surface area contributed by atoms with E-state index in [9.17, 15) is 19.5 Å². The van der Waals surface area contributed by atoms with Gasteiger partial charge in [-0.25, -0.2) is 0 Å². The summed E-state index contributed by atoms with van der Waals surface area (Å²) in [5.74, 6) is -3.43. The van der Waals surface area contributed by atoms with Crippen LogP contribution in [-0.2, 0) is 14.4 Å². The summed E-state index contributed by atoms with van der Waals surface area (Å²) in [6, 6.07) is 0. The van der Waals surface area contributed by atoms with Gasteiger partial charge in [-0.15, -0.1) is 0 Å². The van der Waals surface area contributed by atoms with E-state index in [1.54, 1.807) is 0 Å². The Balaban J connectivity index is 2.35. The van der Waals surface area contributed by atoms with Crippen molar-refractivity contribution in [2.45, 2.75) is 25.4 Å². The Hall–Kier alpha value is -1.03. The fourth-order valence-corrected chi connectivity index (χ4v) is 2.27. The highest BCUT2D eigenvalue weighted by Gasteiger charge is 2.52. The standard InChI is InChI=1S/C9H10O4/c10-5-3-1-2-4-6(5)8(12)9(13)7(4)11/h4-6,10H,1-3H2. The minimum absolute atomic E-state index is 0.521. The first kappa shape index (κ1) is 8.56. The molecule has 0 aromatic carbocycles. The molecule has 70 valence electrons. The maximum absolute atomic E-state index is 11.2. The minimum atomic E-state index is -0.907. The second-order valence-corrected chi connectivity index (χ2v) is 3.69. The number of hydrogen-bond acceptors (Lipinski definition) is 4. The van der Waals surface area contributed by atoms with Gasteiger partial charge in [-0.1, -0.05) is 6.42 Å². The number of aliphatic hydroxyl groups is 1. The lowest BCUT2D eigenvalue weighted by Gasteiger charge is -2.26. The maximum Gasteiger partial charge on any atom is 0.264 e. The number of carbonyl (C=O) groups is 3. The van der Waals surface area contributed by atoms with Gasteiger partial charge in [0.25, 0.3) is 5.78 Å². The van der Waals surface area contributed by atoms with Gasteiger partial charge in [-0.3, -0.25) is 14.4 Å². The molecule has 2 rings (SSSR count). The first-order valence-corrected chi connectivity index (χ1v) is 4.43. The van der Waals surface area contributed by atoms with Crippen LogP contribution in [0.1, 0.15) is 19.3 Å². The van der Waals surface area contributed by atoms with E-state index < -0.39 is 35.3 Å². The summed E-state index contributed by atoms with van der Waals surface area (Å²) >= 11 is 0. The van der Waals surface area contributed by atoms with Gasteiger partial charge >= 0.3 is 0 Å². The summed E-state index contributed by atoms with van der Waals surface area (Å²) in [4.78, 5) is 33.5. The van der Waals surface area contributed by atoms with Crippen molar-refractivity contribution in [1.29, 1.82) is 0 Å². The third kappa shape index (κ3) is 1.05. The molecule has 1 N–H and O–H groups in total. The lowest BCUT2D eigenvalue weighted by molar-refractivity contribution is -0.141. The molecular formula is C9H10O4. The Kier molecular flexibility index (Phi) is 1.80. The molecule has 4 nitrogen and oxygen atoms in total. The molecule has 0 spiro atoms. The van der Waals surface area contributed by atoms with E-state index in [1.165, 1.54) is 0 Å². The largest absolute Gasteiger partial charge is 0.392 e. The van der Waals surface area contributed by atoms with Crippen LogP contribution in [0.4, 0.5) is 0 Å². The molecule has 2 aliphatic carbocycles. The fourth-order valence-electron chi connectivity index (χ4n) is 2.27. The van der Waals surface area contributed by atoms with Crippen LogP contribution in [0.15, 0.2) is 0 Å². The Morgan fingerprint density at radius 2 is 1.77 bits per heavy atom. The van der Waals surface area contributed by atoms with Gasteiger partial charge in [0.1, 0.15) is 0 Å². The number of carbonyl (C=O) groups excluding carboxylic acids is 3. The SMILES string of the molecule is O=C1C(=O)C2CCCC(O)C2C1=O. The molecule has 3 atom stereocenters. The van der Waals surface area contributed by atoms with Crippen LogP contribution in [-0.4, -0.2) is 28.6 Å². The van der Waals surface area contributed by atoms with Crippen molar-refractivity contribution < 1.29 is 19.5 Å². The van der Waals surface area contributed by atoms with Gasteiger partial charge in [0, 0.05) is 5.92 Å². The number of aliphatic hydroxyl groups excluding tert-OH is 1. The van der Waals surface area contributed by atoms with Crippen molar-refractivity contribution in [3.63, 3.8) is 0 Å².